The summed E-state index contributed by atoms with van der Waals surface area (Å²) in [7, 11) is 0. The van der Waals surface area contributed by atoms with Crippen molar-refractivity contribution in [3.05, 3.63) is 52.2 Å². The van der Waals surface area contributed by atoms with Gasteiger partial charge in [0.1, 0.15) is 0 Å². The predicted octanol–water partition coefficient (Wildman–Crippen LogP) is 3.60. The lowest BCUT2D eigenvalue weighted by Crippen LogP contribution is -2.59. The minimum atomic E-state index is -0.268. The Morgan fingerprint density at radius 3 is 2.47 bits per heavy atom. The van der Waals surface area contributed by atoms with Crippen molar-refractivity contribution in [2.45, 2.75) is 45.8 Å². The molecule has 0 radical (unpaired) electrons. The zero-order chi connectivity index (χ0) is 23.1. The lowest BCUT2D eigenvalue weighted by Gasteiger charge is -2.45. The summed E-state index contributed by atoms with van der Waals surface area (Å²) in [5, 5.41) is 10.7. The minimum Gasteiger partial charge on any atom is -0.347 e. The van der Waals surface area contributed by atoms with Crippen LogP contribution in [0.25, 0.3) is 0 Å². The number of thiophene rings is 1. The maximum Gasteiger partial charge on any atom is 0.319 e. The number of amides is 3. The van der Waals surface area contributed by atoms with Crippen molar-refractivity contribution < 1.29 is 9.59 Å². The number of benzene rings is 1. The first-order valence-corrected chi connectivity index (χ1v) is 12.1. The number of carbonyl (C=O) groups excluding carboxylic acids is 2. The molecule has 0 bridgehead atoms. The first-order valence-electron chi connectivity index (χ1n) is 11.2. The minimum absolute atomic E-state index is 0.135. The number of anilines is 1. The van der Waals surface area contributed by atoms with Gasteiger partial charge in [0.2, 0.25) is 0 Å². The van der Waals surface area contributed by atoms with Crippen LogP contribution < -0.4 is 16.0 Å². The molecule has 1 aromatic carbocycles. The fraction of sp³-hybridized carbons (Fsp3) is 0.500. The predicted molar refractivity (Wildman–Crippen MR) is 131 cm³/mol. The second-order valence-corrected chi connectivity index (χ2v) is 10.1. The molecule has 1 fully saturated rings. The highest BCUT2D eigenvalue weighted by Gasteiger charge is 2.30. The molecule has 7 nitrogen and oxygen atoms in total. The Hall–Kier alpha value is -2.42. The molecule has 1 aliphatic heterocycles. The van der Waals surface area contributed by atoms with E-state index in [0.29, 0.717) is 30.4 Å². The molecule has 174 valence electrons. The van der Waals surface area contributed by atoms with E-state index in [4.69, 9.17) is 0 Å². The molecule has 1 aromatic heterocycles. The van der Waals surface area contributed by atoms with Crippen LogP contribution in [0.3, 0.4) is 0 Å². The summed E-state index contributed by atoms with van der Waals surface area (Å²) in [6, 6.07) is 11.2. The quantitative estimate of drug-likeness (QED) is 0.566. The van der Waals surface area contributed by atoms with Crippen LogP contribution >= 0.6 is 11.3 Å². The van der Waals surface area contributed by atoms with Gasteiger partial charge in [0.05, 0.1) is 6.54 Å². The molecule has 32 heavy (non-hydrogen) atoms. The van der Waals surface area contributed by atoms with Crippen molar-refractivity contribution in [3.63, 3.8) is 0 Å². The number of urea groups is 1. The SMILES string of the molecule is CC(C)N1CCN(C(C)(C)CNC(=O)Nc2cccc(C(=O)NCc3cccs3)c2)CC1. The number of piperazine rings is 1. The standard InChI is InChI=1S/C24H35N5O2S/c1-18(2)28-10-12-29(13-11-28)24(3,4)17-26-23(31)27-20-8-5-7-19(15-20)22(30)25-16-21-9-6-14-32-21/h5-9,14-15,18H,10-13,16-17H2,1-4H3,(H,25,30)(H2,26,27,31). The zero-order valence-electron chi connectivity index (χ0n) is 19.5. The summed E-state index contributed by atoms with van der Waals surface area (Å²) in [6.45, 7) is 13.9. The summed E-state index contributed by atoms with van der Waals surface area (Å²) in [4.78, 5) is 30.9. The topological polar surface area (TPSA) is 76.7 Å². The Labute approximate surface area is 195 Å². The van der Waals surface area contributed by atoms with Crippen LogP contribution in [0.15, 0.2) is 41.8 Å². The lowest BCUT2D eigenvalue weighted by molar-refractivity contribution is 0.0416. The summed E-state index contributed by atoms with van der Waals surface area (Å²) in [5.74, 6) is -0.163. The highest BCUT2D eigenvalue weighted by molar-refractivity contribution is 7.09. The molecule has 1 saturated heterocycles. The van der Waals surface area contributed by atoms with Crippen LogP contribution in [0.1, 0.15) is 42.9 Å². The first-order chi connectivity index (χ1) is 15.2. The molecule has 0 spiro atoms. The second-order valence-electron chi connectivity index (χ2n) is 9.08. The van der Waals surface area contributed by atoms with Crippen molar-refractivity contribution in [3.8, 4) is 0 Å². The number of rotatable bonds is 8. The van der Waals surface area contributed by atoms with E-state index in [1.807, 2.05) is 17.5 Å². The average Bonchev–Trinajstić information content (AvgIpc) is 3.30. The van der Waals surface area contributed by atoms with Gasteiger partial charge < -0.3 is 16.0 Å². The van der Waals surface area contributed by atoms with E-state index in [1.165, 1.54) is 0 Å². The van der Waals surface area contributed by atoms with Gasteiger partial charge in [-0.3, -0.25) is 14.6 Å². The van der Waals surface area contributed by atoms with E-state index in [2.05, 4.69) is 53.4 Å². The van der Waals surface area contributed by atoms with E-state index in [1.54, 1.807) is 35.6 Å². The summed E-state index contributed by atoms with van der Waals surface area (Å²) < 4.78 is 0. The Balaban J connectivity index is 1.47. The zero-order valence-corrected chi connectivity index (χ0v) is 20.3. The Morgan fingerprint density at radius 1 is 1.06 bits per heavy atom. The second kappa shape index (κ2) is 10.9. The van der Waals surface area contributed by atoms with E-state index in [0.717, 1.165) is 31.1 Å². The van der Waals surface area contributed by atoms with Crippen molar-refractivity contribution in [2.24, 2.45) is 0 Å². The molecular formula is C24H35N5O2S. The molecule has 1 aliphatic rings. The maximum absolute atomic E-state index is 12.5. The van der Waals surface area contributed by atoms with Gasteiger partial charge in [-0.2, -0.15) is 0 Å². The number of hydrogen-bond acceptors (Lipinski definition) is 5. The molecule has 0 saturated carbocycles. The monoisotopic (exact) mass is 457 g/mol. The molecule has 3 N–H and O–H groups in total. The van der Waals surface area contributed by atoms with Crippen LogP contribution in [0.2, 0.25) is 0 Å². The Kier molecular flexibility index (Phi) is 8.28. The largest absolute Gasteiger partial charge is 0.347 e. The Bertz CT molecular complexity index is 890. The first kappa shape index (κ1) is 24.2. The number of hydrogen-bond donors (Lipinski definition) is 3. The van der Waals surface area contributed by atoms with E-state index >= 15 is 0 Å². The molecule has 8 heteroatoms. The molecule has 0 atom stereocenters. The number of nitrogens with one attached hydrogen (secondary N) is 3. The van der Waals surface area contributed by atoms with Crippen molar-refractivity contribution in [1.29, 1.82) is 0 Å². The van der Waals surface area contributed by atoms with Crippen LogP contribution in [0.4, 0.5) is 10.5 Å². The van der Waals surface area contributed by atoms with Gasteiger partial charge in [0.25, 0.3) is 5.91 Å². The van der Waals surface area contributed by atoms with Crippen molar-refractivity contribution in [1.82, 2.24) is 20.4 Å². The van der Waals surface area contributed by atoms with Crippen molar-refractivity contribution in [2.75, 3.05) is 38.0 Å². The van der Waals surface area contributed by atoms with Gasteiger partial charge in [0.15, 0.2) is 0 Å². The highest BCUT2D eigenvalue weighted by Crippen LogP contribution is 2.18. The van der Waals surface area contributed by atoms with Gasteiger partial charge in [-0.05, 0) is 57.3 Å². The molecule has 2 heterocycles. The van der Waals surface area contributed by atoms with Crippen molar-refractivity contribution >= 4 is 29.0 Å². The molecule has 0 unspecified atom stereocenters. The lowest BCUT2D eigenvalue weighted by atomic mass is 10.0. The van der Waals surface area contributed by atoms with E-state index in [9.17, 15) is 9.59 Å². The third-order valence-corrected chi connectivity index (χ3v) is 6.84. The fourth-order valence-electron chi connectivity index (χ4n) is 3.85. The number of carbonyl (C=O) groups is 2. The summed E-state index contributed by atoms with van der Waals surface area (Å²) in [6.07, 6.45) is 0. The van der Waals surface area contributed by atoms with Crippen LogP contribution in [0, 0.1) is 0 Å². The van der Waals surface area contributed by atoms with Gasteiger partial charge >= 0.3 is 6.03 Å². The Morgan fingerprint density at radius 2 is 1.81 bits per heavy atom. The fourth-order valence-corrected chi connectivity index (χ4v) is 4.49. The average molecular weight is 458 g/mol. The highest BCUT2D eigenvalue weighted by atomic mass is 32.1. The van der Waals surface area contributed by atoms with Gasteiger partial charge in [-0.25, -0.2) is 4.79 Å². The molecular weight excluding hydrogens is 422 g/mol. The normalized spacial score (nSPS) is 15.5. The molecule has 3 rings (SSSR count). The third kappa shape index (κ3) is 6.79. The van der Waals surface area contributed by atoms with Gasteiger partial charge in [0, 0.05) is 60.4 Å². The van der Waals surface area contributed by atoms with Crippen LogP contribution in [0.5, 0.6) is 0 Å². The summed E-state index contributed by atoms with van der Waals surface area (Å²) in [5.41, 5.74) is 0.974. The number of nitrogens with zero attached hydrogens (tertiary/aromatic N) is 2. The maximum atomic E-state index is 12.5. The molecule has 0 aliphatic carbocycles. The summed E-state index contributed by atoms with van der Waals surface area (Å²) >= 11 is 1.60. The van der Waals surface area contributed by atoms with Gasteiger partial charge in [-0.1, -0.05) is 12.1 Å². The molecule has 2 aromatic rings. The van der Waals surface area contributed by atoms with E-state index < -0.39 is 0 Å². The van der Waals surface area contributed by atoms with Crippen LogP contribution in [-0.2, 0) is 6.54 Å². The van der Waals surface area contributed by atoms with Crippen LogP contribution in [-0.4, -0.2) is 66.0 Å². The smallest absolute Gasteiger partial charge is 0.319 e. The van der Waals surface area contributed by atoms with Gasteiger partial charge in [-0.15, -0.1) is 11.3 Å². The molecule has 3 amide bonds. The van der Waals surface area contributed by atoms with E-state index in [-0.39, 0.29) is 17.5 Å². The third-order valence-electron chi connectivity index (χ3n) is 5.97.